The highest BCUT2D eigenvalue weighted by Crippen LogP contribution is 2.33. The molecular weight excluding hydrogens is 494 g/mol. The average molecular weight is 522 g/mol. The number of amides is 1. The van der Waals surface area contributed by atoms with Crippen LogP contribution in [0.25, 0.3) is 22.3 Å². The lowest BCUT2D eigenvalue weighted by molar-refractivity contribution is 0.102. The average Bonchev–Trinajstić information content (AvgIpc) is 3.61. The highest BCUT2D eigenvalue weighted by molar-refractivity contribution is 6.31. The van der Waals surface area contributed by atoms with Gasteiger partial charge in [0.2, 0.25) is 0 Å². The van der Waals surface area contributed by atoms with E-state index in [-0.39, 0.29) is 5.91 Å². The first-order chi connectivity index (χ1) is 18.6. The summed E-state index contributed by atoms with van der Waals surface area (Å²) in [7, 11) is 0. The lowest BCUT2D eigenvalue weighted by Crippen LogP contribution is -2.18. The third kappa shape index (κ3) is 5.49. The number of aromatic nitrogens is 1. The number of hydrogen-bond acceptors (Lipinski definition) is 4. The summed E-state index contributed by atoms with van der Waals surface area (Å²) in [5.41, 5.74) is 5.85. The minimum atomic E-state index is -0.236. The first-order valence-corrected chi connectivity index (χ1v) is 13.3. The van der Waals surface area contributed by atoms with Crippen LogP contribution in [-0.2, 0) is 13.0 Å². The molecule has 5 aromatic rings. The number of benzene rings is 3. The number of pyridine rings is 1. The highest BCUT2D eigenvalue weighted by Gasteiger charge is 2.15. The smallest absolute Gasteiger partial charge is 0.274 e. The van der Waals surface area contributed by atoms with E-state index in [0.29, 0.717) is 17.1 Å². The van der Waals surface area contributed by atoms with Gasteiger partial charge in [-0.2, -0.15) is 0 Å². The summed E-state index contributed by atoms with van der Waals surface area (Å²) in [6.45, 7) is 3.28. The van der Waals surface area contributed by atoms with Crippen molar-refractivity contribution in [3.8, 4) is 11.3 Å². The summed E-state index contributed by atoms with van der Waals surface area (Å²) in [6.07, 6.45) is 3.04. The Hall–Kier alpha value is -3.93. The Morgan fingerprint density at radius 1 is 0.921 bits per heavy atom. The number of nitrogens with zero attached hydrogens (tertiary/aromatic N) is 2. The number of nitrogens with one attached hydrogen (secondary N) is 1. The summed E-state index contributed by atoms with van der Waals surface area (Å²) >= 11 is 6.45. The maximum atomic E-state index is 13.0. The molecule has 1 aliphatic rings. The third-order valence-electron chi connectivity index (χ3n) is 6.94. The Labute approximate surface area is 227 Å². The largest absolute Gasteiger partial charge is 0.456 e. The van der Waals surface area contributed by atoms with Gasteiger partial charge in [0.15, 0.2) is 0 Å². The van der Waals surface area contributed by atoms with Crippen LogP contribution in [0.1, 0.15) is 40.2 Å². The SMILES string of the molecule is O=C(Nc1ccc(CN2CCCC2)cc1)c1cccc(Cc2cc(Cl)cc3cc(-c4ccccc4)oc23)n1. The van der Waals surface area contributed by atoms with E-state index in [1.165, 1.54) is 18.4 Å². The van der Waals surface area contributed by atoms with E-state index in [1.54, 1.807) is 6.07 Å². The summed E-state index contributed by atoms with van der Waals surface area (Å²) in [5.74, 6) is 0.552. The van der Waals surface area contributed by atoms with Gasteiger partial charge in [0, 0.05) is 45.9 Å². The van der Waals surface area contributed by atoms with Crippen LogP contribution in [0.4, 0.5) is 5.69 Å². The quantitative estimate of drug-likeness (QED) is 0.240. The molecule has 0 aliphatic carbocycles. The van der Waals surface area contributed by atoms with Crippen molar-refractivity contribution in [2.24, 2.45) is 0 Å². The molecule has 5 nitrogen and oxygen atoms in total. The van der Waals surface area contributed by atoms with Crippen molar-refractivity contribution in [2.45, 2.75) is 25.8 Å². The molecule has 38 heavy (non-hydrogen) atoms. The molecule has 1 aliphatic heterocycles. The van der Waals surface area contributed by atoms with E-state index < -0.39 is 0 Å². The Morgan fingerprint density at radius 3 is 2.50 bits per heavy atom. The summed E-state index contributed by atoms with van der Waals surface area (Å²) in [4.78, 5) is 20.1. The van der Waals surface area contributed by atoms with Gasteiger partial charge in [-0.1, -0.05) is 60.1 Å². The van der Waals surface area contributed by atoms with Gasteiger partial charge < -0.3 is 9.73 Å². The molecule has 1 saturated heterocycles. The van der Waals surface area contributed by atoms with E-state index in [9.17, 15) is 4.79 Å². The van der Waals surface area contributed by atoms with Crippen molar-refractivity contribution in [3.63, 3.8) is 0 Å². The van der Waals surface area contributed by atoms with Crippen LogP contribution >= 0.6 is 11.6 Å². The van der Waals surface area contributed by atoms with Gasteiger partial charge in [-0.15, -0.1) is 0 Å². The van der Waals surface area contributed by atoms with Gasteiger partial charge in [-0.3, -0.25) is 9.69 Å². The number of anilines is 1. The second kappa shape index (κ2) is 10.8. The predicted molar refractivity (Wildman–Crippen MR) is 153 cm³/mol. The van der Waals surface area contributed by atoms with Crippen LogP contribution < -0.4 is 5.32 Å². The van der Waals surface area contributed by atoms with Crippen LogP contribution in [0, 0.1) is 0 Å². The number of carbonyl (C=O) groups is 1. The number of fused-ring (bicyclic) bond motifs is 1. The standard InChI is InChI=1S/C32H28ClN3O2/c33-26-17-24(31-25(18-26)20-30(38-31)23-7-2-1-3-8-23)19-28-9-6-10-29(34-28)32(37)35-27-13-11-22(12-14-27)21-36-15-4-5-16-36/h1-3,6-14,17-18,20H,4-5,15-16,19,21H2,(H,35,37). The minimum Gasteiger partial charge on any atom is -0.456 e. The van der Waals surface area contributed by atoms with E-state index in [0.717, 1.165) is 58.9 Å². The first kappa shape index (κ1) is 24.4. The maximum Gasteiger partial charge on any atom is 0.274 e. The number of rotatable bonds is 7. The Bertz CT molecular complexity index is 1570. The molecule has 2 aromatic heterocycles. The number of carbonyl (C=O) groups excluding carboxylic acids is 1. The molecule has 0 bridgehead atoms. The van der Waals surface area contributed by atoms with Gasteiger partial charge in [0.25, 0.3) is 5.91 Å². The van der Waals surface area contributed by atoms with Crippen molar-refractivity contribution in [1.82, 2.24) is 9.88 Å². The molecule has 6 heteroatoms. The van der Waals surface area contributed by atoms with Crippen molar-refractivity contribution in [3.05, 3.63) is 119 Å². The fraction of sp³-hybridized carbons (Fsp3) is 0.188. The molecule has 3 heterocycles. The molecule has 0 radical (unpaired) electrons. The van der Waals surface area contributed by atoms with Gasteiger partial charge in [0.05, 0.1) is 0 Å². The third-order valence-corrected chi connectivity index (χ3v) is 7.16. The zero-order chi connectivity index (χ0) is 25.9. The molecule has 190 valence electrons. The van der Waals surface area contributed by atoms with E-state index >= 15 is 0 Å². The molecule has 1 fully saturated rings. The zero-order valence-electron chi connectivity index (χ0n) is 21.0. The van der Waals surface area contributed by atoms with Crippen LogP contribution in [-0.4, -0.2) is 28.9 Å². The fourth-order valence-corrected chi connectivity index (χ4v) is 5.30. The van der Waals surface area contributed by atoms with E-state index in [1.807, 2.05) is 72.8 Å². The van der Waals surface area contributed by atoms with Crippen molar-refractivity contribution < 1.29 is 9.21 Å². The van der Waals surface area contributed by atoms with Crippen LogP contribution in [0.3, 0.4) is 0 Å². The zero-order valence-corrected chi connectivity index (χ0v) is 21.7. The van der Waals surface area contributed by atoms with Gasteiger partial charge in [-0.25, -0.2) is 4.98 Å². The highest BCUT2D eigenvalue weighted by atomic mass is 35.5. The second-order valence-electron chi connectivity index (χ2n) is 9.79. The second-order valence-corrected chi connectivity index (χ2v) is 10.2. The number of likely N-dealkylation sites (tertiary alicyclic amines) is 1. The van der Waals surface area contributed by atoms with Gasteiger partial charge in [0.1, 0.15) is 17.0 Å². The van der Waals surface area contributed by atoms with E-state index in [2.05, 4.69) is 27.3 Å². The molecule has 0 saturated carbocycles. The first-order valence-electron chi connectivity index (χ1n) is 13.0. The Morgan fingerprint density at radius 2 is 1.71 bits per heavy atom. The van der Waals surface area contributed by atoms with Crippen LogP contribution in [0.2, 0.25) is 5.02 Å². The molecule has 0 spiro atoms. The monoisotopic (exact) mass is 521 g/mol. The number of hydrogen-bond donors (Lipinski definition) is 1. The van der Waals surface area contributed by atoms with Crippen molar-refractivity contribution in [2.75, 3.05) is 18.4 Å². The Kier molecular flexibility index (Phi) is 6.95. The molecule has 6 rings (SSSR count). The lowest BCUT2D eigenvalue weighted by Gasteiger charge is -2.14. The molecular formula is C32H28ClN3O2. The topological polar surface area (TPSA) is 58.4 Å². The number of furan rings is 1. The predicted octanol–water partition coefficient (Wildman–Crippen LogP) is 7.59. The van der Waals surface area contributed by atoms with Gasteiger partial charge in [-0.05, 0) is 74.0 Å². The fourth-order valence-electron chi connectivity index (χ4n) is 5.05. The normalized spacial score (nSPS) is 13.7. The molecule has 0 unspecified atom stereocenters. The van der Waals surface area contributed by atoms with Crippen molar-refractivity contribution >= 4 is 34.2 Å². The van der Waals surface area contributed by atoms with Gasteiger partial charge >= 0.3 is 0 Å². The summed E-state index contributed by atoms with van der Waals surface area (Å²) in [5, 5.41) is 4.55. The number of halogens is 1. The Balaban J connectivity index is 1.18. The molecule has 1 amide bonds. The van der Waals surface area contributed by atoms with E-state index in [4.69, 9.17) is 16.0 Å². The van der Waals surface area contributed by atoms with Crippen molar-refractivity contribution in [1.29, 1.82) is 0 Å². The van der Waals surface area contributed by atoms with Crippen LogP contribution in [0.5, 0.6) is 0 Å². The molecule has 1 N–H and O–H groups in total. The summed E-state index contributed by atoms with van der Waals surface area (Å²) < 4.78 is 6.25. The summed E-state index contributed by atoms with van der Waals surface area (Å²) in [6, 6.07) is 29.4. The molecule has 0 atom stereocenters. The minimum absolute atomic E-state index is 0.236. The maximum absolute atomic E-state index is 13.0. The molecule has 3 aromatic carbocycles. The van der Waals surface area contributed by atoms with Crippen LogP contribution in [0.15, 0.2) is 95.4 Å². The lowest BCUT2D eigenvalue weighted by atomic mass is 10.1.